The molecule has 2 amide bonds. The Balaban J connectivity index is 3.76. The van der Waals surface area contributed by atoms with Crippen molar-refractivity contribution >= 4 is 11.8 Å². The van der Waals surface area contributed by atoms with Gasteiger partial charge in [-0.05, 0) is 19.4 Å². The van der Waals surface area contributed by atoms with Gasteiger partial charge in [0.25, 0.3) is 0 Å². The molecule has 5 nitrogen and oxygen atoms in total. The van der Waals surface area contributed by atoms with E-state index in [-0.39, 0.29) is 24.3 Å². The van der Waals surface area contributed by atoms with Crippen LogP contribution in [-0.2, 0) is 9.59 Å². The lowest BCUT2D eigenvalue weighted by Crippen LogP contribution is -2.36. The fourth-order valence-electron chi connectivity index (χ4n) is 1.09. The lowest BCUT2D eigenvalue weighted by molar-refractivity contribution is -0.123. The summed E-state index contributed by atoms with van der Waals surface area (Å²) in [4.78, 5) is 21.8. The minimum absolute atomic E-state index is 0.0864. The summed E-state index contributed by atoms with van der Waals surface area (Å²) >= 11 is 0. The first-order valence-electron chi connectivity index (χ1n) is 4.73. The molecule has 5 N–H and O–H groups in total. The van der Waals surface area contributed by atoms with Crippen molar-refractivity contribution in [3.63, 3.8) is 0 Å². The molecule has 0 spiro atoms. The summed E-state index contributed by atoms with van der Waals surface area (Å²) < 4.78 is 0. The Hall–Kier alpha value is -1.10. The van der Waals surface area contributed by atoms with E-state index in [0.29, 0.717) is 13.0 Å². The van der Waals surface area contributed by atoms with E-state index in [1.165, 1.54) is 0 Å². The average molecular weight is 201 g/mol. The first-order chi connectivity index (χ1) is 6.45. The second kappa shape index (κ2) is 6.37. The smallest absolute Gasteiger partial charge is 0.220 e. The number of amides is 2. The van der Waals surface area contributed by atoms with Gasteiger partial charge in [0, 0.05) is 18.9 Å². The molecule has 82 valence electrons. The van der Waals surface area contributed by atoms with Crippen molar-refractivity contribution in [3.8, 4) is 0 Å². The van der Waals surface area contributed by atoms with Crippen LogP contribution in [0.4, 0.5) is 0 Å². The monoisotopic (exact) mass is 201 g/mol. The fourth-order valence-corrected chi connectivity index (χ4v) is 1.09. The maximum Gasteiger partial charge on any atom is 0.220 e. The molecule has 5 heteroatoms. The fraction of sp³-hybridized carbons (Fsp3) is 0.778. The number of nitrogens with one attached hydrogen (secondary N) is 1. The highest BCUT2D eigenvalue weighted by atomic mass is 16.2. The average Bonchev–Trinajstić information content (AvgIpc) is 2.01. The summed E-state index contributed by atoms with van der Waals surface area (Å²) in [6.07, 6.45) is 0.558. The van der Waals surface area contributed by atoms with E-state index in [4.69, 9.17) is 11.5 Å². The highest BCUT2D eigenvalue weighted by Crippen LogP contribution is 1.99. The Morgan fingerprint density at radius 1 is 1.29 bits per heavy atom. The zero-order valence-corrected chi connectivity index (χ0v) is 8.75. The number of carbonyl (C=O) groups excluding carboxylic acids is 2. The third kappa shape index (κ3) is 6.42. The highest BCUT2D eigenvalue weighted by molar-refractivity contribution is 5.78. The Morgan fingerprint density at radius 2 is 1.86 bits per heavy atom. The van der Waals surface area contributed by atoms with Crippen LogP contribution in [0.2, 0.25) is 0 Å². The van der Waals surface area contributed by atoms with Crippen LogP contribution < -0.4 is 16.8 Å². The molecule has 0 aliphatic heterocycles. The normalized spacial score (nSPS) is 14.5. The lowest BCUT2D eigenvalue weighted by Gasteiger charge is -2.13. The van der Waals surface area contributed by atoms with Crippen molar-refractivity contribution in [1.82, 2.24) is 5.32 Å². The van der Waals surface area contributed by atoms with E-state index in [1.54, 1.807) is 6.92 Å². The van der Waals surface area contributed by atoms with Crippen molar-refractivity contribution in [1.29, 1.82) is 0 Å². The van der Waals surface area contributed by atoms with Gasteiger partial charge < -0.3 is 16.8 Å². The quantitative estimate of drug-likeness (QED) is 0.532. The first-order valence-corrected chi connectivity index (χ1v) is 4.73. The molecule has 0 radical (unpaired) electrons. The maximum absolute atomic E-state index is 11.3. The molecule has 0 aromatic rings. The largest absolute Gasteiger partial charge is 0.370 e. The summed E-state index contributed by atoms with van der Waals surface area (Å²) in [5.74, 6) is -0.336. The van der Waals surface area contributed by atoms with E-state index in [1.807, 2.05) is 6.92 Å². The first kappa shape index (κ1) is 12.9. The molecule has 0 aromatic heterocycles. The third-order valence-corrected chi connectivity index (χ3v) is 1.85. The van der Waals surface area contributed by atoms with Crippen LogP contribution in [0, 0.1) is 5.92 Å². The summed E-state index contributed by atoms with van der Waals surface area (Å²) in [6, 6.07) is -0.204. The van der Waals surface area contributed by atoms with Crippen molar-refractivity contribution in [2.45, 2.75) is 32.7 Å². The van der Waals surface area contributed by atoms with Gasteiger partial charge in [-0.3, -0.25) is 9.59 Å². The molecule has 0 saturated carbocycles. The molecule has 0 aromatic carbocycles. The van der Waals surface area contributed by atoms with Crippen molar-refractivity contribution in [2.24, 2.45) is 17.4 Å². The van der Waals surface area contributed by atoms with Gasteiger partial charge >= 0.3 is 0 Å². The summed E-state index contributed by atoms with van der Waals surface area (Å²) in [5, 5.41) is 2.68. The Morgan fingerprint density at radius 3 is 2.29 bits per heavy atom. The number of primary amides is 1. The molecule has 2 unspecified atom stereocenters. The van der Waals surface area contributed by atoms with Gasteiger partial charge in [0.2, 0.25) is 11.8 Å². The summed E-state index contributed by atoms with van der Waals surface area (Å²) in [5.41, 5.74) is 10.4. The third-order valence-electron chi connectivity index (χ3n) is 1.85. The van der Waals surface area contributed by atoms with E-state index in [2.05, 4.69) is 5.32 Å². The standard InChI is InChI=1S/C9H19N3O2/c1-6(5-10)3-9(14)12-7(2)4-8(11)13/h6-7H,3-5,10H2,1-2H3,(H2,11,13)(H,12,14). The van der Waals surface area contributed by atoms with E-state index in [9.17, 15) is 9.59 Å². The predicted molar refractivity (Wildman–Crippen MR) is 54.3 cm³/mol. The van der Waals surface area contributed by atoms with Crippen LogP contribution in [0.25, 0.3) is 0 Å². The van der Waals surface area contributed by atoms with Gasteiger partial charge in [-0.1, -0.05) is 6.92 Å². The van der Waals surface area contributed by atoms with Gasteiger partial charge in [0.15, 0.2) is 0 Å². The zero-order valence-electron chi connectivity index (χ0n) is 8.75. The lowest BCUT2D eigenvalue weighted by atomic mass is 10.1. The SMILES string of the molecule is CC(CN)CC(=O)NC(C)CC(N)=O. The van der Waals surface area contributed by atoms with Crippen molar-refractivity contribution in [2.75, 3.05) is 6.54 Å². The van der Waals surface area contributed by atoms with Crippen molar-refractivity contribution < 1.29 is 9.59 Å². The molecule has 0 rings (SSSR count). The minimum Gasteiger partial charge on any atom is -0.370 e. The van der Waals surface area contributed by atoms with E-state index >= 15 is 0 Å². The molecule has 0 aliphatic rings. The molecule has 0 bridgehead atoms. The number of hydrogen-bond donors (Lipinski definition) is 3. The van der Waals surface area contributed by atoms with Crippen LogP contribution in [0.5, 0.6) is 0 Å². The van der Waals surface area contributed by atoms with Gasteiger partial charge in [-0.25, -0.2) is 0 Å². The molecule has 0 heterocycles. The topological polar surface area (TPSA) is 98.2 Å². The van der Waals surface area contributed by atoms with Gasteiger partial charge in [0.05, 0.1) is 0 Å². The summed E-state index contributed by atoms with van der Waals surface area (Å²) in [6.45, 7) is 4.13. The molecule has 0 fully saturated rings. The Labute approximate surface area is 84.2 Å². The maximum atomic E-state index is 11.3. The van der Waals surface area contributed by atoms with Crippen LogP contribution >= 0.6 is 0 Å². The zero-order chi connectivity index (χ0) is 11.1. The molecule has 14 heavy (non-hydrogen) atoms. The molecule has 0 saturated heterocycles. The summed E-state index contributed by atoms with van der Waals surface area (Å²) in [7, 11) is 0. The highest BCUT2D eigenvalue weighted by Gasteiger charge is 2.11. The van der Waals surface area contributed by atoms with Crippen LogP contribution in [-0.4, -0.2) is 24.4 Å². The van der Waals surface area contributed by atoms with Crippen molar-refractivity contribution in [3.05, 3.63) is 0 Å². The van der Waals surface area contributed by atoms with E-state index < -0.39 is 5.91 Å². The molecule has 0 aliphatic carbocycles. The van der Waals surface area contributed by atoms with Crippen LogP contribution in [0.15, 0.2) is 0 Å². The van der Waals surface area contributed by atoms with Gasteiger partial charge in [-0.2, -0.15) is 0 Å². The van der Waals surface area contributed by atoms with Crippen LogP contribution in [0.3, 0.4) is 0 Å². The second-order valence-electron chi connectivity index (χ2n) is 3.68. The number of rotatable bonds is 6. The Bertz CT molecular complexity index is 206. The van der Waals surface area contributed by atoms with Gasteiger partial charge in [-0.15, -0.1) is 0 Å². The number of carbonyl (C=O) groups is 2. The van der Waals surface area contributed by atoms with E-state index in [0.717, 1.165) is 0 Å². The predicted octanol–water partition coefficient (Wildman–Crippen LogP) is -0.649. The Kier molecular flexibility index (Phi) is 5.87. The second-order valence-corrected chi connectivity index (χ2v) is 3.68. The molecular weight excluding hydrogens is 182 g/mol. The number of hydrogen-bond acceptors (Lipinski definition) is 3. The van der Waals surface area contributed by atoms with Crippen LogP contribution in [0.1, 0.15) is 26.7 Å². The van der Waals surface area contributed by atoms with Gasteiger partial charge in [0.1, 0.15) is 0 Å². The number of nitrogens with two attached hydrogens (primary N) is 2. The minimum atomic E-state index is -0.412. The molecular formula is C9H19N3O2. The molecule has 2 atom stereocenters.